The highest BCUT2D eigenvalue weighted by Gasteiger charge is 2.17. The summed E-state index contributed by atoms with van der Waals surface area (Å²) in [5, 5.41) is 17.4. The van der Waals surface area contributed by atoms with Crippen LogP contribution in [0.5, 0.6) is 5.75 Å². The molecular weight excluding hydrogens is 272 g/mol. The second kappa shape index (κ2) is 7.54. The van der Waals surface area contributed by atoms with Crippen LogP contribution in [-0.2, 0) is 4.74 Å². The van der Waals surface area contributed by atoms with Crippen molar-refractivity contribution in [3.8, 4) is 5.75 Å². The third-order valence-corrected chi connectivity index (χ3v) is 2.94. The predicted molar refractivity (Wildman–Crippen MR) is 77.7 cm³/mol. The van der Waals surface area contributed by atoms with Gasteiger partial charge in [0.2, 0.25) is 5.69 Å². The maximum atomic E-state index is 11.2. The first-order valence-electron chi connectivity index (χ1n) is 6.93. The van der Waals surface area contributed by atoms with Crippen molar-refractivity contribution in [1.82, 2.24) is 10.2 Å². The summed E-state index contributed by atoms with van der Waals surface area (Å²) in [5.74, 6) is -0.914. The Hall–Kier alpha value is -2.21. The number of aromatic nitrogens is 2. The Morgan fingerprint density at radius 2 is 2.00 bits per heavy atom. The average Bonchev–Trinajstić information content (AvgIpc) is 2.50. The monoisotopic (exact) mass is 290 g/mol. The zero-order chi connectivity index (χ0) is 15.1. The molecule has 0 atom stereocenters. The van der Waals surface area contributed by atoms with Crippen LogP contribution < -0.4 is 4.74 Å². The Bertz CT molecular complexity index is 616. The first kappa shape index (κ1) is 15.2. The van der Waals surface area contributed by atoms with Gasteiger partial charge in [-0.05, 0) is 18.6 Å². The van der Waals surface area contributed by atoms with Crippen molar-refractivity contribution in [3.05, 3.63) is 30.0 Å². The van der Waals surface area contributed by atoms with Crippen LogP contribution >= 0.6 is 0 Å². The maximum Gasteiger partial charge on any atom is 0.360 e. The van der Waals surface area contributed by atoms with Crippen molar-refractivity contribution in [2.75, 3.05) is 19.8 Å². The fourth-order valence-corrected chi connectivity index (χ4v) is 1.87. The molecule has 0 radical (unpaired) electrons. The van der Waals surface area contributed by atoms with Crippen LogP contribution in [0, 0.1) is 0 Å². The van der Waals surface area contributed by atoms with Crippen molar-refractivity contribution >= 4 is 16.9 Å². The number of aromatic carboxylic acids is 1. The second-order valence-corrected chi connectivity index (χ2v) is 4.51. The predicted octanol–water partition coefficient (Wildman–Crippen LogP) is 2.52. The van der Waals surface area contributed by atoms with E-state index in [1.807, 2.05) is 6.07 Å². The zero-order valence-electron chi connectivity index (χ0n) is 11.9. The molecule has 1 aromatic heterocycles. The van der Waals surface area contributed by atoms with E-state index in [9.17, 15) is 9.90 Å². The lowest BCUT2D eigenvalue weighted by Crippen LogP contribution is -2.12. The molecule has 1 aromatic carbocycles. The summed E-state index contributed by atoms with van der Waals surface area (Å²) in [4.78, 5) is 11.2. The van der Waals surface area contributed by atoms with E-state index < -0.39 is 5.97 Å². The van der Waals surface area contributed by atoms with Crippen LogP contribution in [0.15, 0.2) is 24.3 Å². The van der Waals surface area contributed by atoms with Gasteiger partial charge in [-0.3, -0.25) is 0 Å². The van der Waals surface area contributed by atoms with Crippen molar-refractivity contribution in [2.24, 2.45) is 0 Å². The van der Waals surface area contributed by atoms with Gasteiger partial charge in [0.05, 0.1) is 12.1 Å². The largest absolute Gasteiger partial charge is 0.488 e. The minimum atomic E-state index is -1.16. The summed E-state index contributed by atoms with van der Waals surface area (Å²) in [6.07, 6.45) is 2.07. The second-order valence-electron chi connectivity index (χ2n) is 4.51. The number of unbranched alkanes of at least 4 members (excludes halogenated alkanes) is 1. The number of rotatable bonds is 8. The van der Waals surface area contributed by atoms with Crippen molar-refractivity contribution in [3.63, 3.8) is 0 Å². The Balaban J connectivity index is 2.12. The van der Waals surface area contributed by atoms with Crippen LogP contribution in [0.1, 0.15) is 30.3 Å². The molecule has 2 aromatic rings. The smallest absolute Gasteiger partial charge is 0.360 e. The van der Waals surface area contributed by atoms with Gasteiger partial charge in [0.15, 0.2) is 5.75 Å². The summed E-state index contributed by atoms with van der Waals surface area (Å²) in [5.41, 5.74) is 0.423. The summed E-state index contributed by atoms with van der Waals surface area (Å²) in [7, 11) is 0. The Morgan fingerprint density at radius 1 is 1.19 bits per heavy atom. The molecule has 0 spiro atoms. The molecule has 0 aliphatic carbocycles. The topological polar surface area (TPSA) is 81.5 Å². The molecule has 1 heterocycles. The Kier molecular flexibility index (Phi) is 5.45. The SMILES string of the molecule is CCCCOCCOc1c(C(=O)O)nnc2ccccc12. The molecule has 112 valence electrons. The van der Waals surface area contributed by atoms with Crippen LogP contribution in [0.4, 0.5) is 0 Å². The lowest BCUT2D eigenvalue weighted by molar-refractivity contribution is 0.0677. The highest BCUT2D eigenvalue weighted by Crippen LogP contribution is 2.26. The zero-order valence-corrected chi connectivity index (χ0v) is 11.9. The number of fused-ring (bicyclic) bond motifs is 1. The molecule has 0 aliphatic heterocycles. The van der Waals surface area contributed by atoms with Gasteiger partial charge >= 0.3 is 5.97 Å². The molecule has 2 rings (SSSR count). The molecular formula is C15H18N2O4. The third kappa shape index (κ3) is 3.88. The molecule has 0 unspecified atom stereocenters. The van der Waals surface area contributed by atoms with E-state index in [1.165, 1.54) is 0 Å². The molecule has 0 amide bonds. The normalized spacial score (nSPS) is 10.7. The number of ether oxygens (including phenoxy) is 2. The molecule has 0 saturated heterocycles. The van der Waals surface area contributed by atoms with E-state index in [0.29, 0.717) is 24.1 Å². The lowest BCUT2D eigenvalue weighted by atomic mass is 10.2. The number of nitrogens with zero attached hydrogens (tertiary/aromatic N) is 2. The number of carboxylic acid groups (broad SMARTS) is 1. The van der Waals surface area contributed by atoms with Crippen LogP contribution in [0.2, 0.25) is 0 Å². The highest BCUT2D eigenvalue weighted by atomic mass is 16.5. The van der Waals surface area contributed by atoms with Crippen LogP contribution in [0.3, 0.4) is 0 Å². The van der Waals surface area contributed by atoms with Gasteiger partial charge in [-0.2, -0.15) is 0 Å². The summed E-state index contributed by atoms with van der Waals surface area (Å²) < 4.78 is 11.0. The van der Waals surface area contributed by atoms with Gasteiger partial charge < -0.3 is 14.6 Å². The van der Waals surface area contributed by atoms with Gasteiger partial charge in [-0.15, -0.1) is 10.2 Å². The van der Waals surface area contributed by atoms with Crippen LogP contribution in [0.25, 0.3) is 10.9 Å². The van der Waals surface area contributed by atoms with E-state index in [0.717, 1.165) is 12.8 Å². The molecule has 0 fully saturated rings. The lowest BCUT2D eigenvalue weighted by Gasteiger charge is -2.11. The van der Waals surface area contributed by atoms with E-state index >= 15 is 0 Å². The van der Waals surface area contributed by atoms with Gasteiger partial charge in [-0.25, -0.2) is 4.79 Å². The quantitative estimate of drug-likeness (QED) is 0.752. The number of benzene rings is 1. The van der Waals surface area contributed by atoms with Gasteiger partial charge in [-0.1, -0.05) is 25.5 Å². The molecule has 21 heavy (non-hydrogen) atoms. The van der Waals surface area contributed by atoms with Crippen molar-refractivity contribution in [2.45, 2.75) is 19.8 Å². The van der Waals surface area contributed by atoms with Gasteiger partial charge in [0.1, 0.15) is 6.61 Å². The molecule has 0 bridgehead atoms. The summed E-state index contributed by atoms with van der Waals surface area (Å²) >= 11 is 0. The average molecular weight is 290 g/mol. The Morgan fingerprint density at radius 3 is 2.76 bits per heavy atom. The molecule has 0 saturated carbocycles. The fourth-order valence-electron chi connectivity index (χ4n) is 1.87. The van der Waals surface area contributed by atoms with E-state index in [1.54, 1.807) is 18.2 Å². The maximum absolute atomic E-state index is 11.2. The van der Waals surface area contributed by atoms with Crippen LogP contribution in [-0.4, -0.2) is 41.1 Å². The van der Waals surface area contributed by atoms with Crippen molar-refractivity contribution < 1.29 is 19.4 Å². The van der Waals surface area contributed by atoms with Gasteiger partial charge in [0, 0.05) is 12.0 Å². The standard InChI is InChI=1S/C15H18N2O4/c1-2-3-8-20-9-10-21-14-11-6-4-5-7-12(11)16-17-13(14)15(18)19/h4-7H,2-3,8-10H2,1H3,(H,18,19). The summed E-state index contributed by atoms with van der Waals surface area (Å²) in [6, 6.07) is 7.15. The summed E-state index contributed by atoms with van der Waals surface area (Å²) in [6.45, 7) is 3.46. The number of carbonyl (C=O) groups is 1. The fraction of sp³-hybridized carbons (Fsp3) is 0.400. The number of carboxylic acids is 1. The van der Waals surface area contributed by atoms with E-state index in [4.69, 9.17) is 9.47 Å². The first-order valence-corrected chi connectivity index (χ1v) is 6.93. The minimum Gasteiger partial charge on any atom is -0.488 e. The number of hydrogen-bond donors (Lipinski definition) is 1. The molecule has 6 nitrogen and oxygen atoms in total. The van der Waals surface area contributed by atoms with E-state index in [-0.39, 0.29) is 18.1 Å². The molecule has 0 aliphatic rings. The molecule has 1 N–H and O–H groups in total. The Labute approximate surface area is 122 Å². The minimum absolute atomic E-state index is 0.178. The first-order chi connectivity index (χ1) is 10.2. The van der Waals surface area contributed by atoms with Gasteiger partial charge in [0.25, 0.3) is 0 Å². The number of hydrogen-bond acceptors (Lipinski definition) is 5. The highest BCUT2D eigenvalue weighted by molar-refractivity contribution is 5.96. The third-order valence-electron chi connectivity index (χ3n) is 2.94. The van der Waals surface area contributed by atoms with Crippen molar-refractivity contribution in [1.29, 1.82) is 0 Å². The molecule has 6 heteroatoms. The van der Waals surface area contributed by atoms with E-state index in [2.05, 4.69) is 17.1 Å².